The first kappa shape index (κ1) is 14.0. The van der Waals surface area contributed by atoms with Gasteiger partial charge in [-0.15, -0.1) is 0 Å². The van der Waals surface area contributed by atoms with Crippen LogP contribution in [-0.2, 0) is 4.79 Å². The molecule has 0 bridgehead atoms. The van der Waals surface area contributed by atoms with Gasteiger partial charge >= 0.3 is 0 Å². The van der Waals surface area contributed by atoms with E-state index in [2.05, 4.69) is 0 Å². The molecule has 0 aromatic heterocycles. The third-order valence-electron chi connectivity index (χ3n) is 2.63. The van der Waals surface area contributed by atoms with E-state index in [0.717, 1.165) is 0 Å². The lowest BCUT2D eigenvalue weighted by molar-refractivity contribution is -0.127. The molecule has 0 radical (unpaired) electrons. The quantitative estimate of drug-likeness (QED) is 0.814. The zero-order chi connectivity index (χ0) is 13.7. The van der Waals surface area contributed by atoms with E-state index in [-0.39, 0.29) is 18.0 Å². The number of benzene rings is 1. The van der Waals surface area contributed by atoms with Crippen molar-refractivity contribution in [3.63, 3.8) is 0 Å². The number of carbonyl (C=O) groups excluding carboxylic acids is 1. The van der Waals surface area contributed by atoms with Gasteiger partial charge in [0.25, 0.3) is 0 Å². The third kappa shape index (κ3) is 3.20. The molecule has 18 heavy (non-hydrogen) atoms. The molecule has 0 saturated carbocycles. The van der Waals surface area contributed by atoms with E-state index >= 15 is 0 Å². The lowest BCUT2D eigenvalue weighted by Crippen LogP contribution is -2.36. The Kier molecular flexibility index (Phi) is 4.67. The number of halogens is 1. The first-order chi connectivity index (χ1) is 8.49. The van der Waals surface area contributed by atoms with Crippen LogP contribution in [0.15, 0.2) is 18.2 Å². The molecular weight excluding hydrogens is 233 g/mol. The van der Waals surface area contributed by atoms with Gasteiger partial charge < -0.3 is 9.80 Å². The molecule has 0 N–H and O–H groups in total. The SMILES string of the molecule is CCN(CC(=O)N(C)C)c1ccc(F)cc1C#N. The minimum absolute atomic E-state index is 0.0648. The van der Waals surface area contributed by atoms with Crippen molar-refractivity contribution in [1.29, 1.82) is 5.26 Å². The van der Waals surface area contributed by atoms with E-state index < -0.39 is 5.82 Å². The summed E-state index contributed by atoms with van der Waals surface area (Å²) in [6.45, 7) is 2.62. The van der Waals surface area contributed by atoms with Crippen LogP contribution in [0.5, 0.6) is 0 Å². The molecule has 0 heterocycles. The number of anilines is 1. The summed E-state index contributed by atoms with van der Waals surface area (Å²) in [4.78, 5) is 14.9. The number of nitriles is 1. The van der Waals surface area contributed by atoms with Gasteiger partial charge in [-0.05, 0) is 25.1 Å². The largest absolute Gasteiger partial charge is 0.361 e. The topological polar surface area (TPSA) is 47.3 Å². The second-order valence-corrected chi connectivity index (χ2v) is 4.08. The summed E-state index contributed by atoms with van der Waals surface area (Å²) >= 11 is 0. The van der Waals surface area contributed by atoms with Gasteiger partial charge in [0.15, 0.2) is 0 Å². The molecule has 0 unspecified atom stereocenters. The molecule has 5 heteroatoms. The Hall–Kier alpha value is -2.09. The number of hydrogen-bond acceptors (Lipinski definition) is 3. The average Bonchev–Trinajstić information content (AvgIpc) is 2.35. The second-order valence-electron chi connectivity index (χ2n) is 4.08. The number of hydrogen-bond donors (Lipinski definition) is 0. The second kappa shape index (κ2) is 6.01. The van der Waals surface area contributed by atoms with Crippen molar-refractivity contribution in [2.75, 3.05) is 32.1 Å². The third-order valence-corrected chi connectivity index (χ3v) is 2.63. The summed E-state index contributed by atoms with van der Waals surface area (Å²) in [5.74, 6) is -0.518. The van der Waals surface area contributed by atoms with Crippen LogP contribution >= 0.6 is 0 Å². The van der Waals surface area contributed by atoms with Crippen molar-refractivity contribution in [2.24, 2.45) is 0 Å². The maximum atomic E-state index is 13.0. The van der Waals surface area contributed by atoms with Gasteiger partial charge in [0, 0.05) is 20.6 Å². The van der Waals surface area contributed by atoms with Gasteiger partial charge in [0.2, 0.25) is 5.91 Å². The van der Waals surface area contributed by atoms with Gasteiger partial charge in [-0.25, -0.2) is 4.39 Å². The van der Waals surface area contributed by atoms with Crippen molar-refractivity contribution >= 4 is 11.6 Å². The fraction of sp³-hybridized carbons (Fsp3) is 0.385. The van der Waals surface area contributed by atoms with Crippen LogP contribution in [0.4, 0.5) is 10.1 Å². The molecule has 1 aromatic rings. The van der Waals surface area contributed by atoms with Crippen LogP contribution < -0.4 is 4.90 Å². The van der Waals surface area contributed by atoms with Gasteiger partial charge in [-0.3, -0.25) is 4.79 Å². The van der Waals surface area contributed by atoms with Crippen LogP contribution in [0.25, 0.3) is 0 Å². The van der Waals surface area contributed by atoms with Crippen molar-refractivity contribution in [2.45, 2.75) is 6.92 Å². The van der Waals surface area contributed by atoms with E-state index in [9.17, 15) is 9.18 Å². The summed E-state index contributed by atoms with van der Waals surface area (Å²) in [6.07, 6.45) is 0. The van der Waals surface area contributed by atoms with Gasteiger partial charge in [-0.1, -0.05) is 0 Å². The Balaban J connectivity index is 3.03. The number of amides is 1. The van der Waals surface area contributed by atoms with Crippen molar-refractivity contribution < 1.29 is 9.18 Å². The average molecular weight is 249 g/mol. The first-order valence-electron chi connectivity index (χ1n) is 5.64. The van der Waals surface area contributed by atoms with E-state index in [1.54, 1.807) is 19.0 Å². The molecule has 0 aliphatic heterocycles. The lowest BCUT2D eigenvalue weighted by Gasteiger charge is -2.25. The van der Waals surface area contributed by atoms with Crippen LogP contribution in [0.3, 0.4) is 0 Å². The molecule has 1 aromatic carbocycles. The number of carbonyl (C=O) groups is 1. The minimum Gasteiger partial charge on any atom is -0.361 e. The van der Waals surface area contributed by atoms with E-state index in [4.69, 9.17) is 5.26 Å². The summed E-state index contributed by atoms with van der Waals surface area (Å²) in [7, 11) is 3.35. The molecular formula is C13H16FN3O. The van der Waals surface area contributed by atoms with E-state index in [0.29, 0.717) is 12.2 Å². The van der Waals surface area contributed by atoms with Gasteiger partial charge in [-0.2, -0.15) is 5.26 Å². The summed E-state index contributed by atoms with van der Waals surface area (Å²) < 4.78 is 13.0. The van der Waals surface area contributed by atoms with E-state index in [1.165, 1.54) is 23.1 Å². The Bertz CT molecular complexity index is 480. The molecule has 0 fully saturated rings. The van der Waals surface area contributed by atoms with Crippen LogP contribution in [0.1, 0.15) is 12.5 Å². The monoisotopic (exact) mass is 249 g/mol. The van der Waals surface area contributed by atoms with Gasteiger partial charge in [0.05, 0.1) is 17.8 Å². The molecule has 0 atom stereocenters. The highest BCUT2D eigenvalue weighted by Crippen LogP contribution is 2.20. The lowest BCUT2D eigenvalue weighted by atomic mass is 10.1. The Labute approximate surface area is 106 Å². The highest BCUT2D eigenvalue weighted by Gasteiger charge is 2.15. The zero-order valence-electron chi connectivity index (χ0n) is 10.8. The molecule has 1 amide bonds. The van der Waals surface area contributed by atoms with Crippen molar-refractivity contribution in [3.8, 4) is 6.07 Å². The Morgan fingerprint density at radius 3 is 2.61 bits per heavy atom. The normalized spacial score (nSPS) is 9.72. The van der Waals surface area contributed by atoms with Crippen molar-refractivity contribution in [3.05, 3.63) is 29.6 Å². The molecule has 96 valence electrons. The molecule has 0 saturated heterocycles. The highest BCUT2D eigenvalue weighted by atomic mass is 19.1. The number of rotatable bonds is 4. The fourth-order valence-electron chi connectivity index (χ4n) is 1.55. The molecule has 0 aliphatic rings. The predicted molar refractivity (Wildman–Crippen MR) is 67.7 cm³/mol. The smallest absolute Gasteiger partial charge is 0.241 e. The highest BCUT2D eigenvalue weighted by molar-refractivity contribution is 5.81. The van der Waals surface area contributed by atoms with Gasteiger partial charge in [0.1, 0.15) is 11.9 Å². The first-order valence-corrected chi connectivity index (χ1v) is 5.64. The van der Waals surface area contributed by atoms with Crippen LogP contribution in [0.2, 0.25) is 0 Å². The summed E-state index contributed by atoms with van der Waals surface area (Å²) in [5, 5.41) is 8.99. The predicted octanol–water partition coefficient (Wildman–Crippen LogP) is 1.61. The molecule has 0 aliphatic carbocycles. The molecule has 1 rings (SSSR count). The van der Waals surface area contributed by atoms with Crippen LogP contribution in [0, 0.1) is 17.1 Å². The summed E-state index contributed by atoms with van der Waals surface area (Å²) in [5.41, 5.74) is 0.819. The summed E-state index contributed by atoms with van der Waals surface area (Å²) in [6, 6.07) is 5.94. The maximum absolute atomic E-state index is 13.0. The van der Waals surface area contributed by atoms with E-state index in [1.807, 2.05) is 13.0 Å². The standard InChI is InChI=1S/C13H16FN3O/c1-4-17(9-13(18)16(2)3)12-6-5-11(14)7-10(12)8-15/h5-7H,4,9H2,1-3H3. The zero-order valence-corrected chi connectivity index (χ0v) is 10.8. The Morgan fingerprint density at radius 2 is 2.11 bits per heavy atom. The molecule has 0 spiro atoms. The number of nitrogens with zero attached hydrogens (tertiary/aromatic N) is 3. The Morgan fingerprint density at radius 1 is 1.44 bits per heavy atom. The molecule has 4 nitrogen and oxygen atoms in total. The van der Waals surface area contributed by atoms with Crippen LogP contribution in [-0.4, -0.2) is 38.0 Å². The number of likely N-dealkylation sites (N-methyl/N-ethyl adjacent to an activating group) is 2. The van der Waals surface area contributed by atoms with Crippen molar-refractivity contribution in [1.82, 2.24) is 4.90 Å². The minimum atomic E-state index is -0.453. The fourth-order valence-corrected chi connectivity index (χ4v) is 1.55. The maximum Gasteiger partial charge on any atom is 0.241 e.